The minimum atomic E-state index is -0.130. The van der Waals surface area contributed by atoms with Crippen molar-refractivity contribution in [1.29, 1.82) is 0 Å². The van der Waals surface area contributed by atoms with E-state index < -0.39 is 0 Å². The molecule has 0 nitrogen and oxygen atoms in total. The van der Waals surface area contributed by atoms with Crippen molar-refractivity contribution in [3.8, 4) is 11.1 Å². The first kappa shape index (κ1) is 14.3. The Morgan fingerprint density at radius 3 is 2.10 bits per heavy atom. The van der Waals surface area contributed by atoms with Gasteiger partial charge in [-0.15, -0.1) is 0 Å². The first-order chi connectivity index (χ1) is 10.1. The number of benzene rings is 2. The van der Waals surface area contributed by atoms with Crippen LogP contribution in [0.1, 0.15) is 49.7 Å². The lowest BCUT2D eigenvalue weighted by atomic mass is 9.79. The van der Waals surface area contributed by atoms with Gasteiger partial charge in [-0.2, -0.15) is 0 Å². The van der Waals surface area contributed by atoms with Gasteiger partial charge in [0.25, 0.3) is 0 Å². The molecule has 0 spiro atoms. The molecule has 0 atom stereocenters. The third kappa shape index (κ3) is 3.18. The van der Waals surface area contributed by atoms with Crippen molar-refractivity contribution in [1.82, 2.24) is 0 Å². The summed E-state index contributed by atoms with van der Waals surface area (Å²) in [5.74, 6) is 2.20. The van der Waals surface area contributed by atoms with Crippen LogP contribution in [0.4, 0.5) is 4.39 Å². The van der Waals surface area contributed by atoms with Gasteiger partial charge in [0.2, 0.25) is 0 Å². The highest BCUT2D eigenvalue weighted by Gasteiger charge is 2.19. The Hall–Kier alpha value is -1.63. The van der Waals surface area contributed by atoms with Crippen LogP contribution in [0.15, 0.2) is 42.5 Å². The van der Waals surface area contributed by atoms with Gasteiger partial charge in [0, 0.05) is 0 Å². The number of aryl methyl sites for hydroxylation is 1. The maximum atomic E-state index is 13.7. The fraction of sp³-hybridized carbons (Fsp3) is 0.350. The molecule has 1 aliphatic carbocycles. The van der Waals surface area contributed by atoms with Gasteiger partial charge in [0.05, 0.1) is 0 Å². The van der Waals surface area contributed by atoms with E-state index in [0.29, 0.717) is 11.5 Å². The summed E-state index contributed by atoms with van der Waals surface area (Å²) in [6.45, 7) is 4.07. The lowest BCUT2D eigenvalue weighted by Crippen LogP contribution is -2.09. The molecule has 0 aromatic heterocycles. The molecule has 21 heavy (non-hydrogen) atoms. The highest BCUT2D eigenvalue weighted by molar-refractivity contribution is 5.64. The van der Waals surface area contributed by atoms with E-state index in [1.807, 2.05) is 12.1 Å². The third-order valence-electron chi connectivity index (χ3n) is 4.73. The number of halogens is 1. The predicted molar refractivity (Wildman–Crippen MR) is 86.7 cm³/mol. The summed E-state index contributed by atoms with van der Waals surface area (Å²) >= 11 is 0. The van der Waals surface area contributed by atoms with Crippen molar-refractivity contribution in [3.05, 3.63) is 65.3 Å². The van der Waals surface area contributed by atoms with Crippen LogP contribution in [0.3, 0.4) is 0 Å². The molecular weight excluding hydrogens is 259 g/mol. The van der Waals surface area contributed by atoms with Crippen LogP contribution < -0.4 is 0 Å². The van der Waals surface area contributed by atoms with Crippen molar-refractivity contribution >= 4 is 0 Å². The topological polar surface area (TPSA) is 0 Å². The molecule has 0 amide bonds. The Balaban J connectivity index is 1.79. The second-order valence-electron chi connectivity index (χ2n) is 6.32. The second-order valence-corrected chi connectivity index (χ2v) is 6.32. The molecule has 2 aromatic rings. The summed E-state index contributed by atoms with van der Waals surface area (Å²) in [5, 5.41) is 0. The fourth-order valence-electron chi connectivity index (χ4n) is 3.16. The van der Waals surface area contributed by atoms with E-state index >= 15 is 0 Å². The van der Waals surface area contributed by atoms with E-state index in [1.165, 1.54) is 31.2 Å². The maximum Gasteiger partial charge on any atom is 0.126 e. The first-order valence-corrected chi connectivity index (χ1v) is 7.81. The third-order valence-corrected chi connectivity index (χ3v) is 4.73. The van der Waals surface area contributed by atoms with Crippen molar-refractivity contribution in [2.45, 2.75) is 45.4 Å². The maximum absolute atomic E-state index is 13.7. The average molecular weight is 281 g/mol. The number of rotatable bonds is 2. The van der Waals surface area contributed by atoms with Gasteiger partial charge in [-0.05, 0) is 72.8 Å². The molecule has 1 aliphatic rings. The summed E-state index contributed by atoms with van der Waals surface area (Å²) in [5.41, 5.74) is 4.18. The van der Waals surface area contributed by atoms with Crippen LogP contribution >= 0.6 is 0 Å². The highest BCUT2D eigenvalue weighted by Crippen LogP contribution is 2.37. The van der Waals surface area contributed by atoms with Gasteiger partial charge >= 0.3 is 0 Å². The molecule has 0 unspecified atom stereocenters. The van der Waals surface area contributed by atoms with Crippen LogP contribution in [0.25, 0.3) is 11.1 Å². The van der Waals surface area contributed by atoms with Gasteiger partial charge in [-0.3, -0.25) is 0 Å². The molecule has 1 saturated carbocycles. The molecule has 0 aliphatic heterocycles. The monoisotopic (exact) mass is 281 g/mol. The lowest BCUT2D eigenvalue weighted by Gasteiger charge is -2.26. The normalized spacial score (nSPS) is 17.1. The van der Waals surface area contributed by atoms with Crippen LogP contribution in [0.2, 0.25) is 0 Å². The summed E-state index contributed by atoms with van der Waals surface area (Å²) in [4.78, 5) is 0. The second kappa shape index (κ2) is 6.01. The molecule has 3 rings (SSSR count). The van der Waals surface area contributed by atoms with Crippen molar-refractivity contribution < 1.29 is 4.39 Å². The molecule has 0 N–H and O–H groups in total. The average Bonchev–Trinajstić information content (AvgIpc) is 2.51. The molecule has 109 valence electrons. The minimum absolute atomic E-state index is 0.130. The molecule has 0 saturated heterocycles. The van der Waals surface area contributed by atoms with Crippen molar-refractivity contribution in [2.75, 3.05) is 0 Å². The Bertz CT molecular complexity index is 604. The lowest BCUT2D eigenvalue weighted by molar-refractivity contribution is 0.472. The molecule has 1 radical (unpaired) electrons. The van der Waals surface area contributed by atoms with Gasteiger partial charge in [0.15, 0.2) is 0 Å². The van der Waals surface area contributed by atoms with Gasteiger partial charge < -0.3 is 0 Å². The van der Waals surface area contributed by atoms with Crippen LogP contribution in [-0.2, 0) is 0 Å². The standard InChI is InChI=1S/C20H22F/c1-14-3-6-16(7-4-14)17-9-11-18(12-10-17)19-8-5-15(2)20(21)13-19/h5,8-13,16H,3-4,6-7H2,1-2H3. The zero-order valence-electron chi connectivity index (χ0n) is 12.8. The van der Waals surface area contributed by atoms with E-state index in [-0.39, 0.29) is 5.82 Å². The van der Waals surface area contributed by atoms with Gasteiger partial charge in [-0.25, -0.2) is 4.39 Å². The summed E-state index contributed by atoms with van der Waals surface area (Å²) < 4.78 is 13.7. The largest absolute Gasteiger partial charge is 0.207 e. The number of hydrogen-bond acceptors (Lipinski definition) is 0. The minimum Gasteiger partial charge on any atom is -0.207 e. The van der Waals surface area contributed by atoms with Crippen LogP contribution in [0.5, 0.6) is 0 Å². The van der Waals surface area contributed by atoms with E-state index in [1.54, 1.807) is 18.9 Å². The summed E-state index contributed by atoms with van der Waals surface area (Å²) in [6.07, 6.45) is 5.06. The molecule has 0 heterocycles. The Labute approximate surface area is 127 Å². The van der Waals surface area contributed by atoms with Crippen molar-refractivity contribution in [3.63, 3.8) is 0 Å². The van der Waals surface area contributed by atoms with E-state index in [0.717, 1.165) is 11.1 Å². The highest BCUT2D eigenvalue weighted by atomic mass is 19.1. The number of hydrogen-bond donors (Lipinski definition) is 0. The fourth-order valence-corrected chi connectivity index (χ4v) is 3.16. The summed E-state index contributed by atoms with van der Waals surface area (Å²) in [7, 11) is 0. The zero-order valence-corrected chi connectivity index (χ0v) is 12.8. The molecule has 1 fully saturated rings. The van der Waals surface area contributed by atoms with E-state index in [2.05, 4.69) is 31.2 Å². The molecular formula is C20H22F. The Morgan fingerprint density at radius 2 is 1.48 bits per heavy atom. The SMILES string of the molecule is C[C]1CCC(c2ccc(-c3ccc(C)c(F)c3)cc2)CC1. The van der Waals surface area contributed by atoms with E-state index in [9.17, 15) is 4.39 Å². The molecule has 2 aromatic carbocycles. The van der Waals surface area contributed by atoms with Crippen LogP contribution in [0, 0.1) is 18.7 Å². The molecule has 1 heteroatoms. The Kier molecular flexibility index (Phi) is 4.10. The summed E-state index contributed by atoms with van der Waals surface area (Å²) in [6, 6.07) is 14.2. The zero-order chi connectivity index (χ0) is 14.8. The molecule has 0 bridgehead atoms. The van der Waals surface area contributed by atoms with Gasteiger partial charge in [0.1, 0.15) is 5.82 Å². The van der Waals surface area contributed by atoms with Crippen LogP contribution in [-0.4, -0.2) is 0 Å². The van der Waals surface area contributed by atoms with Crippen molar-refractivity contribution in [2.24, 2.45) is 0 Å². The first-order valence-electron chi connectivity index (χ1n) is 7.81. The predicted octanol–water partition coefficient (Wildman–Crippen LogP) is 6.05. The Morgan fingerprint density at radius 1 is 0.857 bits per heavy atom. The smallest absolute Gasteiger partial charge is 0.126 e. The van der Waals surface area contributed by atoms with Gasteiger partial charge in [-0.1, -0.05) is 43.3 Å². The van der Waals surface area contributed by atoms with E-state index in [4.69, 9.17) is 0 Å². The quantitative estimate of drug-likeness (QED) is 0.628.